The van der Waals surface area contributed by atoms with Gasteiger partial charge in [0, 0.05) is 16.3 Å². The Morgan fingerprint density at radius 2 is 1.74 bits per heavy atom. The summed E-state index contributed by atoms with van der Waals surface area (Å²) in [5.74, 6) is -0.348. The zero-order chi connectivity index (χ0) is 16.7. The minimum atomic E-state index is -0.534. The molecule has 23 heavy (non-hydrogen) atoms. The number of para-hydroxylation sites is 1. The lowest BCUT2D eigenvalue weighted by Crippen LogP contribution is -2.87. The molecule has 0 aromatic heterocycles. The van der Waals surface area contributed by atoms with E-state index in [1.54, 1.807) is 24.3 Å². The fourth-order valence-corrected chi connectivity index (χ4v) is 2.17. The molecular weight excluding hydrogens is 314 g/mol. The Morgan fingerprint density at radius 3 is 2.39 bits per heavy atom. The first kappa shape index (κ1) is 17.0. The maximum atomic E-state index is 11.8. The number of nitrogens with one attached hydrogen (secondary N) is 2. The van der Waals surface area contributed by atoms with Crippen LogP contribution < -0.4 is 16.0 Å². The number of amides is 3. The third-order valence-electron chi connectivity index (χ3n) is 3.34. The molecule has 0 aliphatic carbocycles. The van der Waals surface area contributed by atoms with Gasteiger partial charge in [0.2, 0.25) is 0 Å². The molecule has 0 spiro atoms. The molecule has 5 nitrogen and oxygen atoms in total. The minimum Gasteiger partial charge on any atom is -0.333 e. The van der Waals surface area contributed by atoms with E-state index < -0.39 is 6.03 Å². The van der Waals surface area contributed by atoms with Gasteiger partial charge in [0.1, 0.15) is 6.04 Å². The van der Waals surface area contributed by atoms with Gasteiger partial charge < -0.3 is 10.6 Å². The van der Waals surface area contributed by atoms with E-state index >= 15 is 0 Å². The Hall–Kier alpha value is -2.37. The molecule has 120 valence electrons. The van der Waals surface area contributed by atoms with Crippen molar-refractivity contribution in [2.75, 3.05) is 11.9 Å². The van der Waals surface area contributed by atoms with E-state index in [-0.39, 0.29) is 18.5 Å². The van der Waals surface area contributed by atoms with Crippen molar-refractivity contribution in [3.05, 3.63) is 65.2 Å². The van der Waals surface area contributed by atoms with Crippen molar-refractivity contribution < 1.29 is 14.9 Å². The van der Waals surface area contributed by atoms with Crippen molar-refractivity contribution in [3.8, 4) is 0 Å². The predicted octanol–water partition coefficient (Wildman–Crippen LogP) is 2.31. The van der Waals surface area contributed by atoms with Crippen LogP contribution in [0.25, 0.3) is 0 Å². The molecule has 0 saturated carbocycles. The number of imide groups is 1. The van der Waals surface area contributed by atoms with Gasteiger partial charge in [-0.05, 0) is 31.2 Å². The van der Waals surface area contributed by atoms with Crippen molar-refractivity contribution in [1.29, 1.82) is 0 Å². The van der Waals surface area contributed by atoms with E-state index in [1.165, 1.54) is 0 Å². The first-order valence-corrected chi connectivity index (χ1v) is 7.67. The highest BCUT2D eigenvalue weighted by Crippen LogP contribution is 2.13. The SMILES string of the molecule is C[C@H]([NH2+]CC(=O)NC(=O)Nc1ccccc1)c1ccc(Cl)cc1. The summed E-state index contributed by atoms with van der Waals surface area (Å²) >= 11 is 5.85. The van der Waals surface area contributed by atoms with Crippen molar-refractivity contribution in [2.24, 2.45) is 0 Å². The zero-order valence-corrected chi connectivity index (χ0v) is 13.5. The summed E-state index contributed by atoms with van der Waals surface area (Å²) in [6.07, 6.45) is 0. The highest BCUT2D eigenvalue weighted by Gasteiger charge is 2.13. The molecule has 0 heterocycles. The summed E-state index contributed by atoms with van der Waals surface area (Å²) in [4.78, 5) is 23.5. The van der Waals surface area contributed by atoms with Crippen LogP contribution >= 0.6 is 11.6 Å². The van der Waals surface area contributed by atoms with Crippen LogP contribution in [0.4, 0.5) is 10.5 Å². The lowest BCUT2D eigenvalue weighted by atomic mass is 10.1. The quantitative estimate of drug-likeness (QED) is 0.786. The summed E-state index contributed by atoms with van der Waals surface area (Å²) in [5.41, 5.74) is 1.70. The summed E-state index contributed by atoms with van der Waals surface area (Å²) in [6, 6.07) is 16.0. The van der Waals surface area contributed by atoms with Crippen LogP contribution in [0.15, 0.2) is 54.6 Å². The Bertz CT molecular complexity index is 659. The minimum absolute atomic E-state index is 0.0928. The van der Waals surface area contributed by atoms with Gasteiger partial charge in [-0.25, -0.2) is 4.79 Å². The first-order valence-electron chi connectivity index (χ1n) is 7.29. The van der Waals surface area contributed by atoms with Gasteiger partial charge in [-0.15, -0.1) is 0 Å². The number of hydrogen-bond acceptors (Lipinski definition) is 2. The number of carbonyl (C=O) groups excluding carboxylic acids is 2. The van der Waals surface area contributed by atoms with Gasteiger partial charge in [-0.2, -0.15) is 0 Å². The van der Waals surface area contributed by atoms with E-state index in [4.69, 9.17) is 11.6 Å². The smallest absolute Gasteiger partial charge is 0.326 e. The van der Waals surface area contributed by atoms with Gasteiger partial charge >= 0.3 is 6.03 Å². The Morgan fingerprint density at radius 1 is 1.09 bits per heavy atom. The van der Waals surface area contributed by atoms with E-state index in [1.807, 2.05) is 42.6 Å². The van der Waals surface area contributed by atoms with Crippen LogP contribution in [-0.4, -0.2) is 18.5 Å². The maximum Gasteiger partial charge on any atom is 0.326 e. The molecule has 0 aliphatic rings. The average Bonchev–Trinajstić information content (AvgIpc) is 2.54. The first-order chi connectivity index (χ1) is 11.0. The molecule has 4 N–H and O–H groups in total. The Kier molecular flexibility index (Phi) is 6.14. The molecular formula is C17H19ClN3O2+. The highest BCUT2D eigenvalue weighted by atomic mass is 35.5. The van der Waals surface area contributed by atoms with Crippen molar-refractivity contribution in [2.45, 2.75) is 13.0 Å². The summed E-state index contributed by atoms with van der Waals surface area (Å²) in [5, 5.41) is 7.43. The van der Waals surface area contributed by atoms with Gasteiger partial charge in [0.15, 0.2) is 6.54 Å². The van der Waals surface area contributed by atoms with Crippen molar-refractivity contribution in [3.63, 3.8) is 0 Å². The number of urea groups is 1. The Labute approximate surface area is 140 Å². The van der Waals surface area contributed by atoms with Gasteiger partial charge in [-0.1, -0.05) is 41.9 Å². The number of rotatable bonds is 5. The van der Waals surface area contributed by atoms with Crippen LogP contribution in [-0.2, 0) is 4.79 Å². The molecule has 3 amide bonds. The summed E-state index contributed by atoms with van der Waals surface area (Å²) < 4.78 is 0. The van der Waals surface area contributed by atoms with E-state index in [0.717, 1.165) is 5.56 Å². The van der Waals surface area contributed by atoms with Gasteiger partial charge in [0.05, 0.1) is 0 Å². The fourth-order valence-electron chi connectivity index (χ4n) is 2.05. The number of carbonyl (C=O) groups is 2. The van der Waals surface area contributed by atoms with Crippen LogP contribution in [0.1, 0.15) is 18.5 Å². The molecule has 2 aromatic carbocycles. The normalized spacial score (nSPS) is 11.6. The molecule has 0 fully saturated rings. The number of nitrogens with two attached hydrogens (primary N) is 1. The zero-order valence-electron chi connectivity index (χ0n) is 12.8. The third-order valence-corrected chi connectivity index (χ3v) is 3.59. The van der Waals surface area contributed by atoms with Crippen LogP contribution in [0, 0.1) is 0 Å². The average molecular weight is 333 g/mol. The summed E-state index contributed by atoms with van der Waals surface area (Å²) in [6.45, 7) is 2.15. The lowest BCUT2D eigenvalue weighted by molar-refractivity contribution is -0.682. The van der Waals surface area contributed by atoms with Gasteiger partial charge in [0.25, 0.3) is 5.91 Å². The lowest BCUT2D eigenvalue weighted by Gasteiger charge is -2.11. The number of anilines is 1. The fraction of sp³-hybridized carbons (Fsp3) is 0.176. The second-order valence-electron chi connectivity index (χ2n) is 5.15. The largest absolute Gasteiger partial charge is 0.333 e. The summed E-state index contributed by atoms with van der Waals surface area (Å²) in [7, 11) is 0. The maximum absolute atomic E-state index is 11.8. The molecule has 1 atom stereocenters. The molecule has 2 aromatic rings. The van der Waals surface area contributed by atoms with E-state index in [9.17, 15) is 9.59 Å². The molecule has 0 bridgehead atoms. The topological polar surface area (TPSA) is 74.8 Å². The number of hydrogen-bond donors (Lipinski definition) is 3. The highest BCUT2D eigenvalue weighted by molar-refractivity contribution is 6.30. The van der Waals surface area contributed by atoms with E-state index in [2.05, 4.69) is 10.6 Å². The predicted molar refractivity (Wildman–Crippen MR) is 90.3 cm³/mol. The third kappa shape index (κ3) is 5.73. The molecule has 0 aliphatic heterocycles. The molecule has 0 unspecified atom stereocenters. The Balaban J connectivity index is 1.76. The standard InChI is InChI=1S/C17H18ClN3O2/c1-12(13-7-9-14(18)10-8-13)19-11-16(22)21-17(23)20-15-5-3-2-4-6-15/h2-10,12,19H,11H2,1H3,(H2,20,21,22,23)/p+1/t12-/m0/s1. The number of benzene rings is 2. The monoisotopic (exact) mass is 332 g/mol. The van der Waals surface area contributed by atoms with Crippen LogP contribution in [0.2, 0.25) is 5.02 Å². The van der Waals surface area contributed by atoms with Crippen molar-refractivity contribution >= 4 is 29.2 Å². The second kappa shape index (κ2) is 8.31. The van der Waals surface area contributed by atoms with E-state index in [0.29, 0.717) is 10.7 Å². The molecule has 2 rings (SSSR count). The van der Waals surface area contributed by atoms with Crippen LogP contribution in [0.3, 0.4) is 0 Å². The molecule has 0 radical (unpaired) electrons. The van der Waals surface area contributed by atoms with Crippen molar-refractivity contribution in [1.82, 2.24) is 5.32 Å². The number of halogens is 1. The molecule has 6 heteroatoms. The number of quaternary nitrogens is 1. The molecule has 0 saturated heterocycles. The van der Waals surface area contributed by atoms with Crippen LogP contribution in [0.5, 0.6) is 0 Å². The van der Waals surface area contributed by atoms with Gasteiger partial charge in [-0.3, -0.25) is 10.1 Å². The second-order valence-corrected chi connectivity index (χ2v) is 5.58.